The van der Waals surface area contributed by atoms with Crippen LogP contribution in [0.1, 0.15) is 12.0 Å². The van der Waals surface area contributed by atoms with E-state index in [0.29, 0.717) is 13.1 Å². The molecular formula is C18H18FN5O. The third-order valence-corrected chi connectivity index (χ3v) is 4.55. The van der Waals surface area contributed by atoms with Crippen LogP contribution >= 0.6 is 0 Å². The van der Waals surface area contributed by atoms with E-state index < -0.39 is 0 Å². The predicted molar refractivity (Wildman–Crippen MR) is 92.4 cm³/mol. The van der Waals surface area contributed by atoms with Gasteiger partial charge in [0.15, 0.2) is 5.65 Å². The van der Waals surface area contributed by atoms with Crippen LogP contribution in [0.2, 0.25) is 0 Å². The number of likely N-dealkylation sites (tertiary alicyclic amines) is 1. The van der Waals surface area contributed by atoms with Crippen molar-refractivity contribution in [2.45, 2.75) is 19.0 Å². The van der Waals surface area contributed by atoms with Gasteiger partial charge >= 0.3 is 0 Å². The monoisotopic (exact) mass is 339 g/mol. The Morgan fingerprint density at radius 1 is 1.28 bits per heavy atom. The van der Waals surface area contributed by atoms with Gasteiger partial charge in [-0.05, 0) is 30.2 Å². The molecule has 6 nitrogen and oxygen atoms in total. The van der Waals surface area contributed by atoms with Gasteiger partial charge in [-0.15, -0.1) is 0 Å². The van der Waals surface area contributed by atoms with Gasteiger partial charge in [0.2, 0.25) is 5.91 Å². The molecule has 1 saturated heterocycles. The van der Waals surface area contributed by atoms with Crippen LogP contribution in [-0.4, -0.2) is 38.2 Å². The standard InChI is InChI=1S/C18H18FN5O/c1-23-17-14(10-21-23)15(6-8-20-17)22-16-7-9-24(18(16)25)11-12-2-4-13(19)5-3-12/h2-6,8,10,16H,7,9,11H2,1H3,(H,20,22). The number of nitrogens with zero attached hydrogens (tertiary/aromatic N) is 4. The fraction of sp³-hybridized carbons (Fsp3) is 0.278. The highest BCUT2D eigenvalue weighted by Gasteiger charge is 2.31. The minimum Gasteiger partial charge on any atom is -0.373 e. The zero-order valence-electron chi connectivity index (χ0n) is 13.8. The van der Waals surface area contributed by atoms with E-state index >= 15 is 0 Å². The van der Waals surface area contributed by atoms with Crippen LogP contribution in [0.3, 0.4) is 0 Å². The van der Waals surface area contributed by atoms with Gasteiger partial charge in [0.1, 0.15) is 11.9 Å². The topological polar surface area (TPSA) is 63.1 Å². The maximum absolute atomic E-state index is 13.0. The van der Waals surface area contributed by atoms with Crippen LogP contribution in [0.4, 0.5) is 10.1 Å². The van der Waals surface area contributed by atoms with E-state index in [1.165, 1.54) is 12.1 Å². The number of hydrogen-bond acceptors (Lipinski definition) is 4. The smallest absolute Gasteiger partial charge is 0.245 e. The van der Waals surface area contributed by atoms with Crippen molar-refractivity contribution >= 4 is 22.6 Å². The number of nitrogens with one attached hydrogen (secondary N) is 1. The Labute approximate surface area is 144 Å². The van der Waals surface area contributed by atoms with Crippen LogP contribution in [0, 0.1) is 5.82 Å². The quantitative estimate of drug-likeness (QED) is 0.792. The van der Waals surface area contributed by atoms with Gasteiger partial charge in [0.05, 0.1) is 11.6 Å². The molecule has 0 spiro atoms. The predicted octanol–water partition coefficient (Wildman–Crippen LogP) is 2.32. The molecule has 1 amide bonds. The van der Waals surface area contributed by atoms with E-state index in [1.807, 2.05) is 13.1 Å². The number of carbonyl (C=O) groups is 1. The van der Waals surface area contributed by atoms with Gasteiger partial charge in [-0.25, -0.2) is 9.37 Å². The molecule has 1 aromatic carbocycles. The molecule has 0 bridgehead atoms. The van der Waals surface area contributed by atoms with E-state index in [4.69, 9.17) is 0 Å². The highest BCUT2D eigenvalue weighted by atomic mass is 19.1. The molecule has 25 heavy (non-hydrogen) atoms. The summed E-state index contributed by atoms with van der Waals surface area (Å²) in [6.07, 6.45) is 4.19. The molecule has 4 rings (SSSR count). The first-order valence-electron chi connectivity index (χ1n) is 8.18. The summed E-state index contributed by atoms with van der Waals surface area (Å²) in [5, 5.41) is 8.44. The molecule has 3 aromatic rings. The number of aryl methyl sites for hydroxylation is 1. The number of pyridine rings is 1. The van der Waals surface area contributed by atoms with Crippen molar-refractivity contribution in [3.05, 3.63) is 54.1 Å². The van der Waals surface area contributed by atoms with E-state index in [2.05, 4.69) is 15.4 Å². The van der Waals surface area contributed by atoms with Gasteiger partial charge in [0, 0.05) is 32.0 Å². The van der Waals surface area contributed by atoms with Gasteiger partial charge in [-0.2, -0.15) is 5.10 Å². The van der Waals surface area contributed by atoms with Gasteiger partial charge < -0.3 is 10.2 Å². The molecule has 128 valence electrons. The number of rotatable bonds is 4. The Morgan fingerprint density at radius 3 is 2.88 bits per heavy atom. The number of carbonyl (C=O) groups excluding carboxylic acids is 1. The van der Waals surface area contributed by atoms with Crippen molar-refractivity contribution in [1.29, 1.82) is 0 Å². The molecule has 1 aliphatic rings. The zero-order chi connectivity index (χ0) is 17.4. The average molecular weight is 339 g/mol. The fourth-order valence-electron chi connectivity index (χ4n) is 3.20. The Hall–Kier alpha value is -2.96. The normalized spacial score (nSPS) is 17.4. The first kappa shape index (κ1) is 15.6. The lowest BCUT2D eigenvalue weighted by molar-refractivity contribution is -0.128. The number of amides is 1. The second-order valence-electron chi connectivity index (χ2n) is 6.24. The number of halogens is 1. The summed E-state index contributed by atoms with van der Waals surface area (Å²) in [5.74, 6) is -0.215. The fourth-order valence-corrected chi connectivity index (χ4v) is 3.20. The molecule has 1 aliphatic heterocycles. The zero-order valence-corrected chi connectivity index (χ0v) is 13.8. The molecular weight excluding hydrogens is 321 g/mol. The van der Waals surface area contributed by atoms with Crippen LogP contribution in [0.25, 0.3) is 11.0 Å². The summed E-state index contributed by atoms with van der Waals surface area (Å²) in [6.45, 7) is 1.17. The Balaban J connectivity index is 1.49. The lowest BCUT2D eigenvalue weighted by Crippen LogP contribution is -2.33. The summed E-state index contributed by atoms with van der Waals surface area (Å²) < 4.78 is 14.7. The van der Waals surface area contributed by atoms with Crippen LogP contribution < -0.4 is 5.32 Å². The third-order valence-electron chi connectivity index (χ3n) is 4.55. The summed E-state index contributed by atoms with van der Waals surface area (Å²) in [6, 6.07) is 7.85. The van der Waals surface area contributed by atoms with Gasteiger partial charge in [0.25, 0.3) is 0 Å². The van der Waals surface area contributed by atoms with Crippen molar-refractivity contribution in [2.24, 2.45) is 7.05 Å². The molecule has 0 saturated carbocycles. The molecule has 1 N–H and O–H groups in total. The molecule has 0 aliphatic carbocycles. The van der Waals surface area contributed by atoms with Crippen molar-refractivity contribution < 1.29 is 9.18 Å². The van der Waals surface area contributed by atoms with Crippen molar-refractivity contribution in [1.82, 2.24) is 19.7 Å². The highest BCUT2D eigenvalue weighted by molar-refractivity contribution is 5.93. The largest absolute Gasteiger partial charge is 0.373 e. The summed E-state index contributed by atoms with van der Waals surface area (Å²) in [5.41, 5.74) is 2.56. The molecule has 1 atom stereocenters. The molecule has 2 aromatic heterocycles. The van der Waals surface area contributed by atoms with Crippen LogP contribution in [0.5, 0.6) is 0 Å². The molecule has 7 heteroatoms. The maximum Gasteiger partial charge on any atom is 0.245 e. The summed E-state index contributed by atoms with van der Waals surface area (Å²) in [7, 11) is 1.84. The summed E-state index contributed by atoms with van der Waals surface area (Å²) >= 11 is 0. The second-order valence-corrected chi connectivity index (χ2v) is 6.24. The number of anilines is 1. The van der Waals surface area contributed by atoms with Gasteiger partial charge in [-0.3, -0.25) is 9.48 Å². The lowest BCUT2D eigenvalue weighted by Gasteiger charge is -2.18. The van der Waals surface area contributed by atoms with Crippen LogP contribution in [-0.2, 0) is 18.4 Å². The minimum atomic E-state index is -0.272. The number of benzene rings is 1. The average Bonchev–Trinajstić information content (AvgIpc) is 3.15. The molecule has 1 unspecified atom stereocenters. The van der Waals surface area contributed by atoms with Crippen LogP contribution in [0.15, 0.2) is 42.7 Å². The maximum atomic E-state index is 13.0. The number of aromatic nitrogens is 3. The SMILES string of the molecule is Cn1ncc2c(NC3CCN(Cc4ccc(F)cc4)C3=O)ccnc21. The molecule has 0 radical (unpaired) electrons. The van der Waals surface area contributed by atoms with Crippen molar-refractivity contribution in [3.63, 3.8) is 0 Å². The van der Waals surface area contributed by atoms with E-state index in [-0.39, 0.29) is 17.8 Å². The minimum absolute atomic E-state index is 0.0539. The molecule has 3 heterocycles. The number of hydrogen-bond donors (Lipinski definition) is 1. The number of fused-ring (bicyclic) bond motifs is 1. The van der Waals surface area contributed by atoms with E-state index in [0.717, 1.165) is 28.7 Å². The second kappa shape index (κ2) is 6.16. The lowest BCUT2D eigenvalue weighted by atomic mass is 10.2. The van der Waals surface area contributed by atoms with Crippen molar-refractivity contribution in [2.75, 3.05) is 11.9 Å². The Bertz CT molecular complexity index is 921. The third kappa shape index (κ3) is 2.93. The summed E-state index contributed by atoms with van der Waals surface area (Å²) in [4.78, 5) is 18.8. The Morgan fingerprint density at radius 2 is 2.08 bits per heavy atom. The van der Waals surface area contributed by atoms with Gasteiger partial charge in [-0.1, -0.05) is 12.1 Å². The molecule has 1 fully saturated rings. The van der Waals surface area contributed by atoms with Crippen molar-refractivity contribution in [3.8, 4) is 0 Å². The van der Waals surface area contributed by atoms with E-state index in [1.54, 1.807) is 34.1 Å². The first-order valence-corrected chi connectivity index (χ1v) is 8.18. The Kier molecular flexibility index (Phi) is 3.83. The van der Waals surface area contributed by atoms with E-state index in [9.17, 15) is 9.18 Å². The highest BCUT2D eigenvalue weighted by Crippen LogP contribution is 2.24. The first-order chi connectivity index (χ1) is 12.1.